The minimum Gasteiger partial charge on any atom is -0.335 e. The van der Waals surface area contributed by atoms with Gasteiger partial charge in [-0.15, -0.1) is 0 Å². The highest BCUT2D eigenvalue weighted by Crippen LogP contribution is 2.29. The van der Waals surface area contributed by atoms with Gasteiger partial charge in [0.25, 0.3) is 0 Å². The van der Waals surface area contributed by atoms with Crippen LogP contribution in [0.3, 0.4) is 0 Å². The van der Waals surface area contributed by atoms with E-state index in [0.29, 0.717) is 12.5 Å². The number of rotatable bonds is 8. The highest BCUT2D eigenvalue weighted by molar-refractivity contribution is 5.92. The molecule has 3 amide bonds. The van der Waals surface area contributed by atoms with Gasteiger partial charge in [-0.25, -0.2) is 4.79 Å². The van der Waals surface area contributed by atoms with Gasteiger partial charge < -0.3 is 15.5 Å². The SMILES string of the molecule is CCCN(CC1CC1)C(=O)NC1CCN(CC(=O)Nc2ccccc2)CC1. The second-order valence-corrected chi connectivity index (χ2v) is 7.80. The largest absolute Gasteiger partial charge is 0.335 e. The number of hydrogen-bond donors (Lipinski definition) is 2. The number of carbonyl (C=O) groups excluding carboxylic acids is 2. The molecule has 2 fully saturated rings. The molecule has 6 nitrogen and oxygen atoms in total. The summed E-state index contributed by atoms with van der Waals surface area (Å²) in [6.07, 6.45) is 5.31. The molecule has 0 aromatic heterocycles. The minimum absolute atomic E-state index is 0.0160. The van der Waals surface area contributed by atoms with Gasteiger partial charge in [-0.1, -0.05) is 25.1 Å². The second-order valence-electron chi connectivity index (χ2n) is 7.80. The number of anilines is 1. The Labute approximate surface area is 162 Å². The van der Waals surface area contributed by atoms with Crippen LogP contribution >= 0.6 is 0 Å². The predicted molar refractivity (Wildman–Crippen MR) is 108 cm³/mol. The Morgan fingerprint density at radius 2 is 1.81 bits per heavy atom. The molecule has 1 saturated heterocycles. The normalized spacial score (nSPS) is 18.1. The van der Waals surface area contributed by atoms with Crippen LogP contribution in [0.4, 0.5) is 10.5 Å². The number of hydrogen-bond acceptors (Lipinski definition) is 3. The summed E-state index contributed by atoms with van der Waals surface area (Å²) in [4.78, 5) is 28.9. The maximum atomic E-state index is 12.6. The van der Waals surface area contributed by atoms with E-state index in [1.807, 2.05) is 35.2 Å². The molecule has 2 N–H and O–H groups in total. The fourth-order valence-electron chi connectivity index (χ4n) is 3.58. The van der Waals surface area contributed by atoms with Crippen molar-refractivity contribution >= 4 is 17.6 Å². The molecular formula is C21H32N4O2. The molecule has 1 aliphatic carbocycles. The van der Waals surface area contributed by atoms with Gasteiger partial charge in [0.2, 0.25) is 5.91 Å². The van der Waals surface area contributed by atoms with Crippen LogP contribution < -0.4 is 10.6 Å². The molecule has 0 atom stereocenters. The first-order valence-corrected chi connectivity index (χ1v) is 10.3. The molecule has 3 rings (SSSR count). The van der Waals surface area contributed by atoms with Crippen molar-refractivity contribution in [1.29, 1.82) is 0 Å². The molecule has 6 heteroatoms. The van der Waals surface area contributed by atoms with Crippen LogP contribution in [0.1, 0.15) is 39.0 Å². The standard InChI is InChI=1S/C21H32N4O2/c1-2-12-25(15-17-8-9-17)21(27)23-19-10-13-24(14-11-19)16-20(26)22-18-6-4-3-5-7-18/h3-7,17,19H,2,8-16H2,1H3,(H,22,26)(H,23,27). The third kappa shape index (κ3) is 6.54. The van der Waals surface area contributed by atoms with E-state index in [-0.39, 0.29) is 18.0 Å². The number of nitrogens with zero attached hydrogens (tertiary/aromatic N) is 2. The van der Waals surface area contributed by atoms with E-state index in [0.717, 1.165) is 51.1 Å². The van der Waals surface area contributed by atoms with E-state index < -0.39 is 0 Å². The van der Waals surface area contributed by atoms with Crippen molar-refractivity contribution in [2.45, 2.75) is 45.1 Å². The van der Waals surface area contributed by atoms with Crippen LogP contribution in [-0.2, 0) is 4.79 Å². The second kappa shape index (κ2) is 9.74. The van der Waals surface area contributed by atoms with Gasteiger partial charge >= 0.3 is 6.03 Å². The molecule has 1 heterocycles. The fraction of sp³-hybridized carbons (Fsp3) is 0.619. The molecule has 27 heavy (non-hydrogen) atoms. The van der Waals surface area contributed by atoms with E-state index >= 15 is 0 Å². The van der Waals surface area contributed by atoms with E-state index in [4.69, 9.17) is 0 Å². The number of piperidine rings is 1. The summed E-state index contributed by atoms with van der Waals surface area (Å²) in [6.45, 7) is 5.93. The number of carbonyl (C=O) groups is 2. The Morgan fingerprint density at radius 1 is 1.11 bits per heavy atom. The van der Waals surface area contributed by atoms with Crippen molar-refractivity contribution in [1.82, 2.24) is 15.1 Å². The van der Waals surface area contributed by atoms with E-state index in [1.54, 1.807) is 0 Å². The number of urea groups is 1. The predicted octanol–water partition coefficient (Wildman–Crippen LogP) is 2.92. The zero-order valence-electron chi connectivity index (χ0n) is 16.3. The molecule has 1 aromatic rings. The number of amides is 3. The first kappa shape index (κ1) is 19.7. The number of likely N-dealkylation sites (tertiary alicyclic amines) is 1. The van der Waals surface area contributed by atoms with Crippen LogP contribution in [0.2, 0.25) is 0 Å². The Bertz CT molecular complexity index is 610. The average molecular weight is 373 g/mol. The van der Waals surface area contributed by atoms with Gasteiger partial charge in [0.05, 0.1) is 6.54 Å². The van der Waals surface area contributed by atoms with Crippen molar-refractivity contribution in [3.8, 4) is 0 Å². The topological polar surface area (TPSA) is 64.7 Å². The quantitative estimate of drug-likeness (QED) is 0.737. The zero-order chi connectivity index (χ0) is 19.1. The summed E-state index contributed by atoms with van der Waals surface area (Å²) in [7, 11) is 0. The van der Waals surface area contributed by atoms with E-state index in [1.165, 1.54) is 12.8 Å². The lowest BCUT2D eigenvalue weighted by atomic mass is 10.1. The molecule has 0 unspecified atom stereocenters. The van der Waals surface area contributed by atoms with Crippen LogP contribution in [0, 0.1) is 5.92 Å². The summed E-state index contributed by atoms with van der Waals surface area (Å²) in [5.74, 6) is 0.731. The summed E-state index contributed by atoms with van der Waals surface area (Å²) < 4.78 is 0. The van der Waals surface area contributed by atoms with Gasteiger partial charge in [-0.2, -0.15) is 0 Å². The van der Waals surface area contributed by atoms with Gasteiger partial charge in [-0.05, 0) is 50.2 Å². The molecule has 2 aliphatic rings. The van der Waals surface area contributed by atoms with Gasteiger partial charge in [0.1, 0.15) is 0 Å². The van der Waals surface area contributed by atoms with Crippen molar-refractivity contribution < 1.29 is 9.59 Å². The molecule has 0 radical (unpaired) electrons. The first-order valence-electron chi connectivity index (χ1n) is 10.3. The smallest absolute Gasteiger partial charge is 0.317 e. The highest BCUT2D eigenvalue weighted by Gasteiger charge is 2.28. The van der Waals surface area contributed by atoms with Gasteiger partial charge in [-0.3, -0.25) is 9.69 Å². The fourth-order valence-corrected chi connectivity index (χ4v) is 3.58. The van der Waals surface area contributed by atoms with E-state index in [2.05, 4.69) is 22.5 Å². The Balaban J connectivity index is 1.37. The van der Waals surface area contributed by atoms with Gasteiger partial charge in [0.15, 0.2) is 0 Å². The van der Waals surface area contributed by atoms with Crippen LogP contribution in [0.5, 0.6) is 0 Å². The average Bonchev–Trinajstić information content (AvgIpc) is 3.48. The third-order valence-corrected chi connectivity index (χ3v) is 5.30. The number of benzene rings is 1. The Hall–Kier alpha value is -2.08. The third-order valence-electron chi connectivity index (χ3n) is 5.30. The van der Waals surface area contributed by atoms with Crippen LogP contribution in [0.25, 0.3) is 0 Å². The lowest BCUT2D eigenvalue weighted by Gasteiger charge is -2.33. The maximum absolute atomic E-state index is 12.6. The number of para-hydroxylation sites is 1. The summed E-state index contributed by atoms with van der Waals surface area (Å²) >= 11 is 0. The van der Waals surface area contributed by atoms with Gasteiger partial charge in [0, 0.05) is 37.9 Å². The van der Waals surface area contributed by atoms with Crippen molar-refractivity contribution in [2.75, 3.05) is 38.0 Å². The minimum atomic E-state index is 0.0160. The first-order chi connectivity index (χ1) is 13.1. The molecule has 0 bridgehead atoms. The molecule has 1 aliphatic heterocycles. The van der Waals surface area contributed by atoms with E-state index in [9.17, 15) is 9.59 Å². The van der Waals surface area contributed by atoms with Crippen molar-refractivity contribution in [2.24, 2.45) is 5.92 Å². The summed E-state index contributed by atoms with van der Waals surface area (Å²) in [5.41, 5.74) is 0.830. The van der Waals surface area contributed by atoms with Crippen LogP contribution in [-0.4, -0.2) is 60.5 Å². The molecule has 1 saturated carbocycles. The summed E-state index contributed by atoms with van der Waals surface area (Å²) in [6, 6.07) is 9.84. The lowest BCUT2D eigenvalue weighted by Crippen LogP contribution is -2.50. The summed E-state index contributed by atoms with van der Waals surface area (Å²) in [5, 5.41) is 6.14. The lowest BCUT2D eigenvalue weighted by molar-refractivity contribution is -0.117. The Morgan fingerprint density at radius 3 is 2.44 bits per heavy atom. The Kier molecular flexibility index (Phi) is 7.10. The van der Waals surface area contributed by atoms with Crippen molar-refractivity contribution in [3.05, 3.63) is 30.3 Å². The van der Waals surface area contributed by atoms with Crippen LogP contribution in [0.15, 0.2) is 30.3 Å². The molecule has 1 aromatic carbocycles. The molecule has 148 valence electrons. The molecule has 0 spiro atoms. The zero-order valence-corrected chi connectivity index (χ0v) is 16.3. The maximum Gasteiger partial charge on any atom is 0.317 e. The molecular weight excluding hydrogens is 340 g/mol. The monoisotopic (exact) mass is 372 g/mol. The number of nitrogens with one attached hydrogen (secondary N) is 2. The highest BCUT2D eigenvalue weighted by atomic mass is 16.2. The van der Waals surface area contributed by atoms with Crippen molar-refractivity contribution in [3.63, 3.8) is 0 Å².